The Kier molecular flexibility index (Phi) is 5.41. The Labute approximate surface area is 158 Å². The molecular weight excluding hydrogens is 370 g/mol. The van der Waals surface area contributed by atoms with Crippen molar-refractivity contribution in [1.82, 2.24) is 0 Å². The number of aliphatic carboxylic acids is 1. The molecular formula is C18H15N3O5S. The summed E-state index contributed by atoms with van der Waals surface area (Å²) >= 11 is 1.00. The fourth-order valence-corrected chi connectivity index (χ4v) is 3.48. The van der Waals surface area contributed by atoms with Gasteiger partial charge in [-0.2, -0.15) is 5.10 Å². The normalized spacial score (nSPS) is 18.5. The molecule has 1 unspecified atom stereocenters. The number of hydrogen-bond acceptors (Lipinski definition) is 7. The van der Waals surface area contributed by atoms with Crippen LogP contribution in [0.3, 0.4) is 0 Å². The lowest BCUT2D eigenvalue weighted by Crippen LogP contribution is -2.32. The summed E-state index contributed by atoms with van der Waals surface area (Å²) in [6.07, 6.45) is 0.993. The first-order valence-corrected chi connectivity index (χ1v) is 8.74. The van der Waals surface area contributed by atoms with Gasteiger partial charge >= 0.3 is 5.97 Å². The smallest absolute Gasteiger partial charge is 0.305 e. The molecule has 2 aromatic rings. The molecule has 1 aliphatic rings. The number of anilines is 1. The van der Waals surface area contributed by atoms with Gasteiger partial charge in [-0.05, 0) is 36.4 Å². The summed E-state index contributed by atoms with van der Waals surface area (Å²) in [6, 6.07) is 12.4. The molecule has 0 aliphatic carbocycles. The van der Waals surface area contributed by atoms with Crippen LogP contribution in [0.4, 0.5) is 5.69 Å². The van der Waals surface area contributed by atoms with Crippen molar-refractivity contribution in [3.63, 3.8) is 0 Å². The van der Waals surface area contributed by atoms with Crippen LogP contribution >= 0.6 is 11.8 Å². The Bertz CT molecular complexity index is 927. The van der Waals surface area contributed by atoms with E-state index in [1.807, 2.05) is 0 Å². The third kappa shape index (κ3) is 4.26. The Morgan fingerprint density at radius 3 is 2.52 bits per heavy atom. The van der Waals surface area contributed by atoms with E-state index >= 15 is 0 Å². The van der Waals surface area contributed by atoms with Crippen LogP contribution in [-0.4, -0.2) is 43.8 Å². The number of para-hydroxylation sites is 1. The van der Waals surface area contributed by atoms with E-state index < -0.39 is 17.1 Å². The summed E-state index contributed by atoms with van der Waals surface area (Å²) < 4.78 is 0. The van der Waals surface area contributed by atoms with Crippen LogP contribution in [-0.2, 0) is 9.59 Å². The number of carboxylic acids is 1. The highest BCUT2D eigenvalue weighted by Crippen LogP contribution is 2.34. The summed E-state index contributed by atoms with van der Waals surface area (Å²) in [6.45, 7) is 0. The number of nitrogens with zero attached hydrogens (tertiary/aromatic N) is 3. The van der Waals surface area contributed by atoms with Crippen LogP contribution in [0, 0.1) is 0 Å². The highest BCUT2D eigenvalue weighted by molar-refractivity contribution is 8.16. The van der Waals surface area contributed by atoms with E-state index in [9.17, 15) is 19.8 Å². The molecule has 0 radical (unpaired) electrons. The van der Waals surface area contributed by atoms with E-state index in [1.54, 1.807) is 18.2 Å². The van der Waals surface area contributed by atoms with Gasteiger partial charge in [0.05, 0.1) is 18.3 Å². The number of amides is 1. The SMILES string of the molecule is O=C(O)CC1S/C(=N/N=C\c2ccccc2O)N(c2ccc(O)cc2)C1=O. The van der Waals surface area contributed by atoms with Gasteiger partial charge in [0.15, 0.2) is 5.17 Å². The number of amidine groups is 1. The molecule has 0 spiro atoms. The zero-order chi connectivity index (χ0) is 19.4. The number of thioether (sulfide) groups is 1. The molecule has 1 heterocycles. The minimum Gasteiger partial charge on any atom is -0.508 e. The van der Waals surface area contributed by atoms with Crippen LogP contribution < -0.4 is 4.90 Å². The highest BCUT2D eigenvalue weighted by Gasteiger charge is 2.40. The summed E-state index contributed by atoms with van der Waals surface area (Å²) in [7, 11) is 0. The van der Waals surface area contributed by atoms with Gasteiger partial charge in [-0.1, -0.05) is 23.9 Å². The van der Waals surface area contributed by atoms with Crippen molar-refractivity contribution in [1.29, 1.82) is 0 Å². The van der Waals surface area contributed by atoms with Crippen molar-refractivity contribution >= 4 is 40.7 Å². The minimum atomic E-state index is -1.09. The molecule has 8 nitrogen and oxygen atoms in total. The molecule has 3 N–H and O–H groups in total. The number of phenolic OH excluding ortho intramolecular Hbond substituents is 2. The van der Waals surface area contributed by atoms with Gasteiger partial charge in [0, 0.05) is 5.56 Å². The van der Waals surface area contributed by atoms with E-state index in [0.717, 1.165) is 11.8 Å². The summed E-state index contributed by atoms with van der Waals surface area (Å²) in [5, 5.41) is 35.5. The number of phenols is 2. The number of carbonyl (C=O) groups excluding carboxylic acids is 1. The molecule has 2 aromatic carbocycles. The van der Waals surface area contributed by atoms with Crippen molar-refractivity contribution in [3.8, 4) is 11.5 Å². The van der Waals surface area contributed by atoms with E-state index in [-0.39, 0.29) is 23.1 Å². The molecule has 0 bridgehead atoms. The molecule has 138 valence electrons. The Hall–Kier alpha value is -3.33. The zero-order valence-corrected chi connectivity index (χ0v) is 14.7. The molecule has 0 aromatic heterocycles. The Morgan fingerprint density at radius 1 is 1.15 bits per heavy atom. The number of carbonyl (C=O) groups is 2. The Balaban J connectivity index is 1.91. The van der Waals surface area contributed by atoms with Crippen LogP contribution in [0.1, 0.15) is 12.0 Å². The second-order valence-electron chi connectivity index (χ2n) is 5.58. The molecule has 9 heteroatoms. The number of aromatic hydroxyl groups is 2. The van der Waals surface area contributed by atoms with Gasteiger partial charge < -0.3 is 15.3 Å². The predicted octanol–water partition coefficient (Wildman–Crippen LogP) is 2.41. The van der Waals surface area contributed by atoms with Gasteiger partial charge in [0.25, 0.3) is 0 Å². The monoisotopic (exact) mass is 385 g/mol. The van der Waals surface area contributed by atoms with Gasteiger partial charge in [-0.15, -0.1) is 5.10 Å². The van der Waals surface area contributed by atoms with Gasteiger partial charge in [-0.3, -0.25) is 14.5 Å². The lowest BCUT2D eigenvalue weighted by Gasteiger charge is -2.15. The molecule has 1 amide bonds. The third-order valence-electron chi connectivity index (χ3n) is 3.68. The average molecular weight is 385 g/mol. The minimum absolute atomic E-state index is 0.0377. The van der Waals surface area contributed by atoms with Crippen molar-refractivity contribution in [2.24, 2.45) is 10.2 Å². The number of rotatable bonds is 5. The molecule has 1 fully saturated rings. The fraction of sp³-hybridized carbons (Fsp3) is 0.111. The molecule has 0 saturated carbocycles. The largest absolute Gasteiger partial charge is 0.508 e. The maximum absolute atomic E-state index is 12.6. The molecule has 27 heavy (non-hydrogen) atoms. The third-order valence-corrected chi connectivity index (χ3v) is 4.81. The number of carboxylic acid groups (broad SMARTS) is 1. The molecule has 3 rings (SSSR count). The van der Waals surface area contributed by atoms with E-state index in [1.165, 1.54) is 41.4 Å². The number of benzene rings is 2. The van der Waals surface area contributed by atoms with Crippen LogP contribution in [0.5, 0.6) is 11.5 Å². The average Bonchev–Trinajstić information content (AvgIpc) is 2.92. The predicted molar refractivity (Wildman–Crippen MR) is 102 cm³/mol. The van der Waals surface area contributed by atoms with Crippen LogP contribution in [0.2, 0.25) is 0 Å². The first-order chi connectivity index (χ1) is 13.0. The van der Waals surface area contributed by atoms with Crippen molar-refractivity contribution < 1.29 is 24.9 Å². The van der Waals surface area contributed by atoms with Gasteiger partial charge in [0.2, 0.25) is 5.91 Å². The van der Waals surface area contributed by atoms with Crippen molar-refractivity contribution in [2.75, 3.05) is 4.90 Å². The van der Waals surface area contributed by atoms with Crippen LogP contribution in [0.25, 0.3) is 0 Å². The second kappa shape index (κ2) is 7.92. The Morgan fingerprint density at radius 2 is 1.85 bits per heavy atom. The summed E-state index contributed by atoms with van der Waals surface area (Å²) in [4.78, 5) is 24.9. The maximum atomic E-state index is 12.6. The zero-order valence-electron chi connectivity index (χ0n) is 13.9. The summed E-state index contributed by atoms with van der Waals surface area (Å²) in [5.41, 5.74) is 0.893. The van der Waals surface area contributed by atoms with E-state index in [0.29, 0.717) is 11.3 Å². The fourth-order valence-electron chi connectivity index (χ4n) is 2.40. The first kappa shape index (κ1) is 18.5. The molecule has 1 atom stereocenters. The molecule has 1 saturated heterocycles. The molecule has 1 aliphatic heterocycles. The second-order valence-corrected chi connectivity index (χ2v) is 6.75. The van der Waals surface area contributed by atoms with Crippen molar-refractivity contribution in [2.45, 2.75) is 11.7 Å². The quantitative estimate of drug-likeness (QED) is 0.536. The number of hydrogen-bond donors (Lipinski definition) is 3. The van der Waals surface area contributed by atoms with Gasteiger partial charge in [-0.25, -0.2) is 0 Å². The van der Waals surface area contributed by atoms with Gasteiger partial charge in [0.1, 0.15) is 16.7 Å². The maximum Gasteiger partial charge on any atom is 0.305 e. The standard InChI is InChI=1S/C18H15N3O5S/c22-13-7-5-12(6-8-13)21-17(26)15(9-16(24)25)27-18(21)20-19-10-11-3-1-2-4-14(11)23/h1-8,10,15,22-23H,9H2,(H,24,25)/b19-10-,20-18+. The lowest BCUT2D eigenvalue weighted by atomic mass is 10.2. The first-order valence-electron chi connectivity index (χ1n) is 7.86. The highest BCUT2D eigenvalue weighted by atomic mass is 32.2. The van der Waals surface area contributed by atoms with Crippen LogP contribution in [0.15, 0.2) is 58.7 Å². The van der Waals surface area contributed by atoms with E-state index in [4.69, 9.17) is 5.11 Å². The van der Waals surface area contributed by atoms with Crippen molar-refractivity contribution in [3.05, 3.63) is 54.1 Å². The topological polar surface area (TPSA) is 123 Å². The lowest BCUT2D eigenvalue weighted by molar-refractivity contribution is -0.138. The van der Waals surface area contributed by atoms with E-state index in [2.05, 4.69) is 10.2 Å². The summed E-state index contributed by atoms with van der Waals surface area (Å²) in [5.74, 6) is -1.44.